The summed E-state index contributed by atoms with van der Waals surface area (Å²) < 4.78 is 2.02. The zero-order valence-corrected chi connectivity index (χ0v) is 12.8. The molecule has 0 aliphatic carbocycles. The third kappa shape index (κ3) is 3.70. The topological polar surface area (TPSA) is 29.9 Å². The van der Waals surface area contributed by atoms with Crippen molar-refractivity contribution in [3.63, 3.8) is 0 Å². The van der Waals surface area contributed by atoms with Gasteiger partial charge in [-0.15, -0.1) is 0 Å². The van der Waals surface area contributed by atoms with Gasteiger partial charge in [0.25, 0.3) is 0 Å². The lowest BCUT2D eigenvalue weighted by Gasteiger charge is -2.18. The molecule has 1 heterocycles. The number of benzene rings is 1. The van der Waals surface area contributed by atoms with Crippen LogP contribution in [0.5, 0.6) is 0 Å². The molecule has 1 atom stereocenters. The van der Waals surface area contributed by atoms with Crippen molar-refractivity contribution in [3.05, 3.63) is 53.3 Å². The quantitative estimate of drug-likeness (QED) is 0.837. The minimum Gasteiger partial charge on any atom is -0.310 e. The third-order valence-corrected chi connectivity index (χ3v) is 3.73. The Bertz CT molecular complexity index is 516. The monoisotopic (exact) mass is 271 g/mol. The molecule has 20 heavy (non-hydrogen) atoms. The summed E-state index contributed by atoms with van der Waals surface area (Å²) in [6.45, 7) is 5.30. The van der Waals surface area contributed by atoms with Crippen molar-refractivity contribution >= 4 is 0 Å². The predicted molar refractivity (Wildman–Crippen MR) is 83.8 cm³/mol. The molecule has 1 unspecified atom stereocenters. The molecule has 108 valence electrons. The van der Waals surface area contributed by atoms with Gasteiger partial charge in [0, 0.05) is 18.8 Å². The van der Waals surface area contributed by atoms with Gasteiger partial charge in [0.1, 0.15) is 0 Å². The van der Waals surface area contributed by atoms with Crippen LogP contribution >= 0.6 is 0 Å². The number of nitrogens with one attached hydrogen (secondary N) is 1. The van der Waals surface area contributed by atoms with Gasteiger partial charge in [0.2, 0.25) is 0 Å². The number of aromatic nitrogens is 2. The van der Waals surface area contributed by atoms with E-state index < -0.39 is 0 Å². The fourth-order valence-corrected chi connectivity index (χ4v) is 2.59. The van der Waals surface area contributed by atoms with E-state index >= 15 is 0 Å². The van der Waals surface area contributed by atoms with Crippen LogP contribution in [0.3, 0.4) is 0 Å². The van der Waals surface area contributed by atoms with Crippen molar-refractivity contribution in [1.29, 1.82) is 0 Å². The van der Waals surface area contributed by atoms with Crippen molar-refractivity contribution in [2.45, 2.75) is 39.2 Å². The Hall–Kier alpha value is -1.61. The molecule has 0 aliphatic rings. The summed E-state index contributed by atoms with van der Waals surface area (Å²) in [5, 5.41) is 8.10. The molecule has 0 amide bonds. The van der Waals surface area contributed by atoms with Crippen molar-refractivity contribution in [2.24, 2.45) is 7.05 Å². The average Bonchev–Trinajstić information content (AvgIpc) is 2.85. The van der Waals surface area contributed by atoms with E-state index in [-0.39, 0.29) is 0 Å². The molecule has 3 heteroatoms. The molecular formula is C17H25N3. The zero-order valence-electron chi connectivity index (χ0n) is 12.8. The first-order valence-electron chi connectivity index (χ1n) is 7.54. The summed E-state index contributed by atoms with van der Waals surface area (Å²) in [7, 11) is 2.04. The van der Waals surface area contributed by atoms with Crippen molar-refractivity contribution in [2.75, 3.05) is 6.54 Å². The maximum absolute atomic E-state index is 4.52. The molecule has 0 radical (unpaired) electrons. The second kappa shape index (κ2) is 7.25. The number of hydrogen-bond acceptors (Lipinski definition) is 2. The first-order chi connectivity index (χ1) is 9.74. The molecular weight excluding hydrogens is 246 g/mol. The molecule has 3 nitrogen and oxygen atoms in total. The standard InChI is InChI=1S/C17H25N3/c1-4-15-13-16(20(3)19-15)11-12-17(18-5-2)14-9-7-6-8-10-14/h6-10,13,17-18H,4-5,11-12H2,1-3H3. The van der Waals surface area contributed by atoms with Gasteiger partial charge in [-0.1, -0.05) is 44.2 Å². The summed E-state index contributed by atoms with van der Waals surface area (Å²) in [5.74, 6) is 0. The van der Waals surface area contributed by atoms with Gasteiger partial charge in [-0.05, 0) is 37.4 Å². The highest BCUT2D eigenvalue weighted by Crippen LogP contribution is 2.19. The third-order valence-electron chi connectivity index (χ3n) is 3.73. The Balaban J connectivity index is 2.03. The Labute approximate surface area is 122 Å². The number of hydrogen-bond donors (Lipinski definition) is 1. The van der Waals surface area contributed by atoms with Gasteiger partial charge >= 0.3 is 0 Å². The molecule has 0 saturated carbocycles. The van der Waals surface area contributed by atoms with E-state index in [0.717, 1.165) is 25.8 Å². The minimum absolute atomic E-state index is 0.418. The Morgan fingerprint density at radius 1 is 1.20 bits per heavy atom. The highest BCUT2D eigenvalue weighted by atomic mass is 15.3. The van der Waals surface area contributed by atoms with Crippen molar-refractivity contribution in [3.8, 4) is 0 Å². The van der Waals surface area contributed by atoms with Crippen LogP contribution in [0.2, 0.25) is 0 Å². The molecule has 2 aromatic rings. The van der Waals surface area contributed by atoms with Gasteiger partial charge in [-0.2, -0.15) is 5.10 Å². The van der Waals surface area contributed by atoms with Gasteiger partial charge in [-0.3, -0.25) is 4.68 Å². The lowest BCUT2D eigenvalue weighted by Crippen LogP contribution is -2.21. The molecule has 1 N–H and O–H groups in total. The second-order valence-corrected chi connectivity index (χ2v) is 5.16. The van der Waals surface area contributed by atoms with E-state index in [9.17, 15) is 0 Å². The molecule has 0 bridgehead atoms. The Morgan fingerprint density at radius 2 is 1.95 bits per heavy atom. The van der Waals surface area contributed by atoms with Crippen molar-refractivity contribution < 1.29 is 0 Å². The van der Waals surface area contributed by atoms with Crippen LogP contribution in [0, 0.1) is 0 Å². The fourth-order valence-electron chi connectivity index (χ4n) is 2.59. The SMILES string of the molecule is CCNC(CCc1cc(CC)nn1C)c1ccccc1. The largest absolute Gasteiger partial charge is 0.310 e. The van der Waals surface area contributed by atoms with Gasteiger partial charge in [0.15, 0.2) is 0 Å². The minimum atomic E-state index is 0.418. The van der Waals surface area contributed by atoms with E-state index in [1.165, 1.54) is 17.0 Å². The second-order valence-electron chi connectivity index (χ2n) is 5.16. The smallest absolute Gasteiger partial charge is 0.0624 e. The fraction of sp³-hybridized carbons (Fsp3) is 0.471. The van der Waals surface area contributed by atoms with E-state index in [2.05, 4.69) is 60.7 Å². The average molecular weight is 271 g/mol. The van der Waals surface area contributed by atoms with Crippen LogP contribution in [0.15, 0.2) is 36.4 Å². The van der Waals surface area contributed by atoms with Gasteiger partial charge in [-0.25, -0.2) is 0 Å². The lowest BCUT2D eigenvalue weighted by molar-refractivity contribution is 0.506. The molecule has 1 aromatic heterocycles. The lowest BCUT2D eigenvalue weighted by atomic mass is 10.0. The summed E-state index contributed by atoms with van der Waals surface area (Å²) in [4.78, 5) is 0. The number of aryl methyl sites for hydroxylation is 3. The van der Waals surface area contributed by atoms with E-state index in [0.29, 0.717) is 6.04 Å². The van der Waals surface area contributed by atoms with Crippen LogP contribution in [-0.4, -0.2) is 16.3 Å². The Kier molecular flexibility index (Phi) is 5.36. The van der Waals surface area contributed by atoms with E-state index in [1.54, 1.807) is 0 Å². The number of nitrogens with zero attached hydrogens (tertiary/aromatic N) is 2. The maximum Gasteiger partial charge on any atom is 0.0624 e. The molecule has 0 aliphatic heterocycles. The van der Waals surface area contributed by atoms with Gasteiger partial charge in [0.05, 0.1) is 5.69 Å². The maximum atomic E-state index is 4.52. The molecule has 0 fully saturated rings. The highest BCUT2D eigenvalue weighted by Gasteiger charge is 2.11. The zero-order chi connectivity index (χ0) is 14.4. The normalized spacial score (nSPS) is 12.6. The Morgan fingerprint density at radius 3 is 2.55 bits per heavy atom. The van der Waals surface area contributed by atoms with Crippen LogP contribution in [0.25, 0.3) is 0 Å². The van der Waals surface area contributed by atoms with E-state index in [4.69, 9.17) is 0 Å². The summed E-state index contributed by atoms with van der Waals surface area (Å²) in [6.07, 6.45) is 3.15. The summed E-state index contributed by atoms with van der Waals surface area (Å²) in [5.41, 5.74) is 3.87. The molecule has 0 saturated heterocycles. The highest BCUT2D eigenvalue weighted by molar-refractivity contribution is 5.19. The van der Waals surface area contributed by atoms with Gasteiger partial charge < -0.3 is 5.32 Å². The predicted octanol–water partition coefficient (Wildman–Crippen LogP) is 3.27. The summed E-state index contributed by atoms with van der Waals surface area (Å²) in [6, 6.07) is 13.3. The van der Waals surface area contributed by atoms with Crippen LogP contribution in [-0.2, 0) is 19.9 Å². The number of rotatable bonds is 7. The molecule has 0 spiro atoms. The first kappa shape index (κ1) is 14.8. The summed E-state index contributed by atoms with van der Waals surface area (Å²) >= 11 is 0. The molecule has 1 aromatic carbocycles. The molecule has 2 rings (SSSR count). The van der Waals surface area contributed by atoms with Crippen LogP contribution < -0.4 is 5.32 Å². The van der Waals surface area contributed by atoms with Crippen LogP contribution in [0.4, 0.5) is 0 Å². The van der Waals surface area contributed by atoms with E-state index in [1.807, 2.05) is 11.7 Å². The van der Waals surface area contributed by atoms with Crippen molar-refractivity contribution in [1.82, 2.24) is 15.1 Å². The van der Waals surface area contributed by atoms with Crippen LogP contribution in [0.1, 0.15) is 43.3 Å². The first-order valence-corrected chi connectivity index (χ1v) is 7.54.